The van der Waals surface area contributed by atoms with Crippen LogP contribution in [-0.4, -0.2) is 48.6 Å². The van der Waals surface area contributed by atoms with Crippen LogP contribution in [0.1, 0.15) is 25.5 Å². The summed E-state index contributed by atoms with van der Waals surface area (Å²) in [4.78, 5) is 18.7. The van der Waals surface area contributed by atoms with E-state index >= 15 is 0 Å². The molecule has 2 rings (SSSR count). The summed E-state index contributed by atoms with van der Waals surface area (Å²) in [6.07, 6.45) is 2.56. The van der Waals surface area contributed by atoms with E-state index in [9.17, 15) is 4.79 Å². The summed E-state index contributed by atoms with van der Waals surface area (Å²) in [5, 5.41) is 5.34. The van der Waals surface area contributed by atoms with Crippen molar-refractivity contribution >= 4 is 47.2 Å². The quantitative estimate of drug-likeness (QED) is 0.784. The van der Waals surface area contributed by atoms with Crippen molar-refractivity contribution in [1.82, 2.24) is 9.88 Å². The number of nitrogens with zero attached hydrogens (tertiary/aromatic N) is 2. The van der Waals surface area contributed by atoms with E-state index < -0.39 is 6.04 Å². The molecule has 134 valence electrons. The molecule has 1 fully saturated rings. The van der Waals surface area contributed by atoms with Gasteiger partial charge in [0.05, 0.1) is 12.3 Å². The van der Waals surface area contributed by atoms with E-state index in [4.69, 9.17) is 10.5 Å². The Balaban J connectivity index is 0.00000242. The van der Waals surface area contributed by atoms with Crippen LogP contribution in [0, 0.1) is 5.92 Å². The van der Waals surface area contributed by atoms with Crippen molar-refractivity contribution in [2.45, 2.75) is 32.4 Å². The summed E-state index contributed by atoms with van der Waals surface area (Å²) in [6, 6.07) is -0.662. The molecule has 23 heavy (non-hydrogen) atoms. The third kappa shape index (κ3) is 7.32. The molecule has 2 heterocycles. The lowest BCUT2D eigenvalue weighted by molar-refractivity contribution is -0.118. The molecule has 0 aliphatic carbocycles. The highest BCUT2D eigenvalue weighted by Crippen LogP contribution is 2.20. The highest BCUT2D eigenvalue weighted by Gasteiger charge is 2.18. The number of amides is 1. The molecular formula is C14H26Cl2N4O2S. The maximum absolute atomic E-state index is 11.8. The fourth-order valence-electron chi connectivity index (χ4n) is 2.55. The Kier molecular flexibility index (Phi) is 11.0. The first-order chi connectivity index (χ1) is 10.1. The Morgan fingerprint density at radius 1 is 1.61 bits per heavy atom. The van der Waals surface area contributed by atoms with Gasteiger partial charge in [-0.1, -0.05) is 6.92 Å². The molecule has 1 aliphatic rings. The average molecular weight is 385 g/mol. The Bertz CT molecular complexity index is 475. The number of hydrogen-bond acceptors (Lipinski definition) is 6. The third-order valence-corrected chi connectivity index (χ3v) is 4.40. The molecular weight excluding hydrogens is 359 g/mol. The number of ether oxygens (including phenoxy) is 1. The predicted molar refractivity (Wildman–Crippen MR) is 98.8 cm³/mol. The maximum atomic E-state index is 11.8. The van der Waals surface area contributed by atoms with Crippen LogP contribution >= 0.6 is 36.2 Å². The van der Waals surface area contributed by atoms with E-state index in [2.05, 4.69) is 22.1 Å². The van der Waals surface area contributed by atoms with Gasteiger partial charge in [-0.05, 0) is 25.3 Å². The van der Waals surface area contributed by atoms with Crippen molar-refractivity contribution in [3.63, 3.8) is 0 Å². The van der Waals surface area contributed by atoms with Gasteiger partial charge >= 0.3 is 0 Å². The molecule has 0 radical (unpaired) electrons. The third-order valence-electron chi connectivity index (χ3n) is 3.59. The van der Waals surface area contributed by atoms with E-state index in [1.807, 2.05) is 5.38 Å². The minimum absolute atomic E-state index is 0. The summed E-state index contributed by atoms with van der Waals surface area (Å²) in [5.74, 6) is 0.493. The maximum Gasteiger partial charge on any atom is 0.245 e. The molecule has 1 aromatic heterocycles. The zero-order chi connectivity index (χ0) is 15.2. The second-order valence-corrected chi connectivity index (χ2v) is 6.54. The number of carbonyl (C=O) groups is 1. The van der Waals surface area contributed by atoms with Gasteiger partial charge in [-0.15, -0.1) is 36.2 Å². The van der Waals surface area contributed by atoms with Gasteiger partial charge in [-0.2, -0.15) is 0 Å². The SMILES string of the molecule is COCC(N)C(=O)Nc1nc(CN2CCCC(C)C2)cs1.Cl.Cl. The summed E-state index contributed by atoms with van der Waals surface area (Å²) in [7, 11) is 1.52. The molecule has 0 aromatic carbocycles. The van der Waals surface area contributed by atoms with Crippen LogP contribution in [0.15, 0.2) is 5.38 Å². The second-order valence-electron chi connectivity index (χ2n) is 5.68. The van der Waals surface area contributed by atoms with Crippen molar-refractivity contribution in [2.24, 2.45) is 11.7 Å². The van der Waals surface area contributed by atoms with E-state index in [1.165, 1.54) is 31.3 Å². The summed E-state index contributed by atoms with van der Waals surface area (Å²) in [5.41, 5.74) is 6.68. The van der Waals surface area contributed by atoms with E-state index in [0.29, 0.717) is 5.13 Å². The van der Waals surface area contributed by atoms with Crippen molar-refractivity contribution in [2.75, 3.05) is 32.1 Å². The molecule has 1 aliphatic heterocycles. The number of rotatable bonds is 6. The molecule has 9 heteroatoms. The van der Waals surface area contributed by atoms with Crippen LogP contribution in [0.5, 0.6) is 0 Å². The highest BCUT2D eigenvalue weighted by atomic mass is 35.5. The standard InChI is InChI=1S/C14H24N4O2S.2ClH/c1-10-4-3-5-18(6-10)7-11-9-21-14(16-11)17-13(19)12(15)8-20-2;;/h9-10,12H,3-8,15H2,1-2H3,(H,16,17,19);2*1H. The van der Waals surface area contributed by atoms with Crippen molar-refractivity contribution in [3.8, 4) is 0 Å². The summed E-state index contributed by atoms with van der Waals surface area (Å²) in [6.45, 7) is 5.59. The van der Waals surface area contributed by atoms with Crippen LogP contribution in [0.4, 0.5) is 5.13 Å². The number of aromatic nitrogens is 1. The molecule has 0 bridgehead atoms. The number of methoxy groups -OCH3 is 1. The first kappa shape index (κ1) is 22.6. The molecule has 3 N–H and O–H groups in total. The van der Waals surface area contributed by atoms with Crippen molar-refractivity contribution in [1.29, 1.82) is 0 Å². The van der Waals surface area contributed by atoms with Gasteiger partial charge in [0.25, 0.3) is 0 Å². The van der Waals surface area contributed by atoms with E-state index in [0.717, 1.165) is 31.2 Å². The molecule has 6 nitrogen and oxygen atoms in total. The number of nitrogens with one attached hydrogen (secondary N) is 1. The first-order valence-corrected chi connectivity index (χ1v) is 8.18. The van der Waals surface area contributed by atoms with E-state index in [-0.39, 0.29) is 37.3 Å². The Labute approximate surface area is 154 Å². The zero-order valence-corrected chi connectivity index (χ0v) is 15.9. The number of likely N-dealkylation sites (tertiary alicyclic amines) is 1. The lowest BCUT2D eigenvalue weighted by Crippen LogP contribution is -2.39. The normalized spacial score (nSPS) is 19.3. The smallest absolute Gasteiger partial charge is 0.245 e. The van der Waals surface area contributed by atoms with Gasteiger partial charge in [0, 0.05) is 25.6 Å². The van der Waals surface area contributed by atoms with E-state index in [1.54, 1.807) is 0 Å². The van der Waals surface area contributed by atoms with Crippen molar-refractivity contribution in [3.05, 3.63) is 11.1 Å². The summed E-state index contributed by atoms with van der Waals surface area (Å²) >= 11 is 1.44. The Morgan fingerprint density at radius 2 is 2.35 bits per heavy atom. The number of thiazole rings is 1. The van der Waals surface area contributed by atoms with Crippen LogP contribution in [0.3, 0.4) is 0 Å². The topological polar surface area (TPSA) is 80.5 Å². The van der Waals surface area contributed by atoms with Crippen LogP contribution in [0.2, 0.25) is 0 Å². The minimum Gasteiger partial charge on any atom is -0.383 e. The number of carbonyl (C=O) groups excluding carboxylic acids is 1. The van der Waals surface area contributed by atoms with Crippen LogP contribution in [-0.2, 0) is 16.1 Å². The van der Waals surface area contributed by atoms with Gasteiger partial charge in [-0.25, -0.2) is 4.98 Å². The second kappa shape index (κ2) is 11.2. The number of hydrogen-bond donors (Lipinski definition) is 2. The summed E-state index contributed by atoms with van der Waals surface area (Å²) < 4.78 is 4.87. The lowest BCUT2D eigenvalue weighted by Gasteiger charge is -2.30. The fraction of sp³-hybridized carbons (Fsp3) is 0.714. The molecule has 2 unspecified atom stereocenters. The Morgan fingerprint density at radius 3 is 3.00 bits per heavy atom. The average Bonchev–Trinajstić information content (AvgIpc) is 2.86. The van der Waals surface area contributed by atoms with Gasteiger partial charge in [-0.3, -0.25) is 9.69 Å². The number of nitrogens with two attached hydrogens (primary N) is 1. The molecule has 1 aromatic rings. The van der Waals surface area contributed by atoms with Gasteiger partial charge < -0.3 is 15.8 Å². The van der Waals surface area contributed by atoms with Gasteiger partial charge in [0.2, 0.25) is 5.91 Å². The highest BCUT2D eigenvalue weighted by molar-refractivity contribution is 7.13. The van der Waals surface area contributed by atoms with Crippen LogP contribution < -0.4 is 11.1 Å². The molecule has 1 saturated heterocycles. The predicted octanol–water partition coefficient (Wildman–Crippen LogP) is 2.13. The Hall–Kier alpha value is -0.440. The lowest BCUT2D eigenvalue weighted by atomic mass is 10.0. The molecule has 0 saturated carbocycles. The number of anilines is 1. The molecule has 0 spiro atoms. The minimum atomic E-state index is -0.662. The van der Waals surface area contributed by atoms with Gasteiger partial charge in [0.1, 0.15) is 6.04 Å². The number of halogens is 2. The molecule has 1 amide bonds. The van der Waals surface area contributed by atoms with Gasteiger partial charge in [0.15, 0.2) is 5.13 Å². The number of piperidine rings is 1. The van der Waals surface area contributed by atoms with Crippen molar-refractivity contribution < 1.29 is 9.53 Å². The van der Waals surface area contributed by atoms with Crippen LogP contribution in [0.25, 0.3) is 0 Å². The largest absolute Gasteiger partial charge is 0.383 e. The molecule has 2 atom stereocenters. The zero-order valence-electron chi connectivity index (χ0n) is 13.5. The monoisotopic (exact) mass is 384 g/mol. The fourth-order valence-corrected chi connectivity index (χ4v) is 3.25. The first-order valence-electron chi connectivity index (χ1n) is 7.30.